The molecule has 2 aromatic rings. The van der Waals surface area contributed by atoms with E-state index in [1.165, 1.54) is 16.8 Å². The lowest BCUT2D eigenvalue weighted by Crippen LogP contribution is -2.35. The lowest BCUT2D eigenvalue weighted by Gasteiger charge is -2.19. The summed E-state index contributed by atoms with van der Waals surface area (Å²) < 4.78 is 0. The van der Waals surface area contributed by atoms with E-state index in [0.717, 1.165) is 25.1 Å². The van der Waals surface area contributed by atoms with Gasteiger partial charge in [0.05, 0.1) is 0 Å². The number of aliphatic hydroxyl groups is 1. The number of hydrogen-bond acceptors (Lipinski definition) is 3. The van der Waals surface area contributed by atoms with Crippen molar-refractivity contribution in [1.82, 2.24) is 10.6 Å². The van der Waals surface area contributed by atoms with E-state index in [0.29, 0.717) is 19.5 Å². The Labute approximate surface area is 148 Å². The topological polar surface area (TPSA) is 64.6 Å². The Bertz CT molecular complexity index is 700. The molecule has 0 atom stereocenters. The number of carbonyl (C=O) groups is 1. The molecule has 5 nitrogen and oxygen atoms in total. The standard InChI is InChI=1S/C20H25N3O2/c24-13-3-11-21-20(25)22-14-16-6-8-17(9-7-16)15-23-12-10-18-4-1-2-5-19(18)23/h1-2,4-9,24H,3,10-15H2,(H2,21,22,25). The molecular weight excluding hydrogens is 314 g/mol. The molecule has 0 fully saturated rings. The maximum Gasteiger partial charge on any atom is 0.315 e. The lowest BCUT2D eigenvalue weighted by atomic mass is 10.1. The molecule has 3 N–H and O–H groups in total. The van der Waals surface area contributed by atoms with Crippen LogP contribution < -0.4 is 15.5 Å². The summed E-state index contributed by atoms with van der Waals surface area (Å²) in [4.78, 5) is 14.0. The lowest BCUT2D eigenvalue weighted by molar-refractivity contribution is 0.237. The highest BCUT2D eigenvalue weighted by Gasteiger charge is 2.17. The third kappa shape index (κ3) is 4.73. The van der Waals surface area contributed by atoms with Gasteiger partial charge in [0.2, 0.25) is 0 Å². The third-order valence-electron chi connectivity index (χ3n) is 4.45. The van der Waals surface area contributed by atoms with Gasteiger partial charge < -0.3 is 20.6 Å². The highest BCUT2D eigenvalue weighted by molar-refractivity contribution is 5.73. The number of rotatable bonds is 7. The van der Waals surface area contributed by atoms with Crippen LogP contribution in [0, 0.1) is 0 Å². The number of benzene rings is 2. The van der Waals surface area contributed by atoms with Crippen LogP contribution in [0.5, 0.6) is 0 Å². The van der Waals surface area contributed by atoms with E-state index in [4.69, 9.17) is 5.11 Å². The first-order chi connectivity index (χ1) is 12.3. The van der Waals surface area contributed by atoms with Gasteiger partial charge in [-0.1, -0.05) is 42.5 Å². The van der Waals surface area contributed by atoms with Crippen LogP contribution in [0.4, 0.5) is 10.5 Å². The molecule has 5 heteroatoms. The first-order valence-corrected chi connectivity index (χ1v) is 8.79. The molecule has 2 amide bonds. The number of para-hydroxylation sites is 1. The van der Waals surface area contributed by atoms with E-state index < -0.39 is 0 Å². The summed E-state index contributed by atoms with van der Waals surface area (Å²) >= 11 is 0. The predicted octanol–water partition coefficient (Wildman–Crippen LogP) is 2.43. The van der Waals surface area contributed by atoms with Crippen molar-refractivity contribution in [2.24, 2.45) is 0 Å². The number of urea groups is 1. The normalized spacial score (nSPS) is 12.8. The molecule has 132 valence electrons. The van der Waals surface area contributed by atoms with Gasteiger partial charge in [-0.15, -0.1) is 0 Å². The van der Waals surface area contributed by atoms with Crippen molar-refractivity contribution in [3.05, 3.63) is 65.2 Å². The van der Waals surface area contributed by atoms with E-state index in [2.05, 4.69) is 64.1 Å². The number of fused-ring (bicyclic) bond motifs is 1. The van der Waals surface area contributed by atoms with E-state index >= 15 is 0 Å². The monoisotopic (exact) mass is 339 g/mol. The fourth-order valence-electron chi connectivity index (χ4n) is 3.08. The summed E-state index contributed by atoms with van der Waals surface area (Å²) in [5.74, 6) is 0. The second-order valence-corrected chi connectivity index (χ2v) is 6.30. The van der Waals surface area contributed by atoms with Crippen molar-refractivity contribution in [2.45, 2.75) is 25.9 Å². The summed E-state index contributed by atoms with van der Waals surface area (Å²) in [5, 5.41) is 14.2. The van der Waals surface area contributed by atoms with Crippen LogP contribution in [0.1, 0.15) is 23.1 Å². The molecular formula is C20H25N3O2. The zero-order valence-corrected chi connectivity index (χ0v) is 14.4. The molecule has 3 rings (SSSR count). The minimum Gasteiger partial charge on any atom is -0.396 e. The van der Waals surface area contributed by atoms with Gasteiger partial charge in [-0.2, -0.15) is 0 Å². The summed E-state index contributed by atoms with van der Waals surface area (Å²) in [7, 11) is 0. The Hall–Kier alpha value is -2.53. The van der Waals surface area contributed by atoms with Crippen molar-refractivity contribution in [3.8, 4) is 0 Å². The predicted molar refractivity (Wildman–Crippen MR) is 99.6 cm³/mol. The van der Waals surface area contributed by atoms with E-state index in [1.807, 2.05) is 0 Å². The van der Waals surface area contributed by atoms with Gasteiger partial charge in [0.15, 0.2) is 0 Å². The molecule has 0 spiro atoms. The fraction of sp³-hybridized carbons (Fsp3) is 0.350. The van der Waals surface area contributed by atoms with Gasteiger partial charge in [-0.05, 0) is 35.6 Å². The maximum atomic E-state index is 11.6. The zero-order chi connectivity index (χ0) is 17.5. The summed E-state index contributed by atoms with van der Waals surface area (Å²) in [6, 6.07) is 16.8. The molecule has 1 aliphatic heterocycles. The molecule has 1 aliphatic rings. The number of hydrogen-bond donors (Lipinski definition) is 3. The SMILES string of the molecule is O=C(NCCCO)NCc1ccc(CN2CCc3ccccc32)cc1. The Morgan fingerprint density at radius 3 is 2.60 bits per heavy atom. The number of amides is 2. The highest BCUT2D eigenvalue weighted by Crippen LogP contribution is 2.28. The van der Waals surface area contributed by atoms with Crippen LogP contribution in [0.25, 0.3) is 0 Å². The molecule has 0 saturated heterocycles. The van der Waals surface area contributed by atoms with E-state index in [1.54, 1.807) is 0 Å². The van der Waals surface area contributed by atoms with Crippen LogP contribution in [0.3, 0.4) is 0 Å². The quantitative estimate of drug-likeness (QED) is 0.679. The van der Waals surface area contributed by atoms with Crippen molar-refractivity contribution < 1.29 is 9.90 Å². The Kier molecular flexibility index (Phi) is 5.90. The third-order valence-corrected chi connectivity index (χ3v) is 4.45. The number of carbonyl (C=O) groups excluding carboxylic acids is 1. The number of anilines is 1. The molecule has 0 saturated carbocycles. The molecule has 0 unspecified atom stereocenters. The summed E-state index contributed by atoms with van der Waals surface area (Å²) in [6.45, 7) is 3.04. The number of aliphatic hydroxyl groups excluding tert-OH is 1. The number of nitrogens with zero attached hydrogens (tertiary/aromatic N) is 1. The molecule has 2 aromatic carbocycles. The van der Waals surface area contributed by atoms with Crippen LogP contribution in [0.15, 0.2) is 48.5 Å². The number of nitrogens with one attached hydrogen (secondary N) is 2. The minimum atomic E-state index is -0.203. The molecule has 0 bridgehead atoms. The van der Waals surface area contributed by atoms with Gasteiger partial charge in [0, 0.05) is 38.5 Å². The Morgan fingerprint density at radius 2 is 1.80 bits per heavy atom. The van der Waals surface area contributed by atoms with Gasteiger partial charge in [-0.3, -0.25) is 0 Å². The first kappa shape index (κ1) is 17.3. The van der Waals surface area contributed by atoms with Crippen molar-refractivity contribution >= 4 is 11.7 Å². The summed E-state index contributed by atoms with van der Waals surface area (Å²) in [6.07, 6.45) is 1.69. The molecule has 0 aliphatic carbocycles. The molecule has 0 aromatic heterocycles. The van der Waals surface area contributed by atoms with Crippen molar-refractivity contribution in [1.29, 1.82) is 0 Å². The van der Waals surface area contributed by atoms with Crippen molar-refractivity contribution in [2.75, 3.05) is 24.6 Å². The van der Waals surface area contributed by atoms with Crippen LogP contribution in [-0.4, -0.2) is 30.8 Å². The Balaban J connectivity index is 1.49. The summed E-state index contributed by atoms with van der Waals surface area (Å²) in [5.41, 5.74) is 5.11. The van der Waals surface area contributed by atoms with Gasteiger partial charge in [0.25, 0.3) is 0 Å². The Morgan fingerprint density at radius 1 is 1.04 bits per heavy atom. The fourth-order valence-corrected chi connectivity index (χ4v) is 3.08. The van der Waals surface area contributed by atoms with Crippen LogP contribution in [-0.2, 0) is 19.5 Å². The molecule has 0 radical (unpaired) electrons. The average molecular weight is 339 g/mol. The maximum absolute atomic E-state index is 11.6. The van der Waals surface area contributed by atoms with Crippen molar-refractivity contribution in [3.63, 3.8) is 0 Å². The molecule has 1 heterocycles. The molecule has 25 heavy (non-hydrogen) atoms. The highest BCUT2D eigenvalue weighted by atomic mass is 16.3. The van der Waals surface area contributed by atoms with Crippen LogP contribution >= 0.6 is 0 Å². The first-order valence-electron chi connectivity index (χ1n) is 8.79. The zero-order valence-electron chi connectivity index (χ0n) is 14.4. The average Bonchev–Trinajstić information content (AvgIpc) is 3.04. The van der Waals surface area contributed by atoms with Gasteiger partial charge >= 0.3 is 6.03 Å². The largest absolute Gasteiger partial charge is 0.396 e. The smallest absolute Gasteiger partial charge is 0.315 e. The van der Waals surface area contributed by atoms with Gasteiger partial charge in [0.1, 0.15) is 0 Å². The van der Waals surface area contributed by atoms with E-state index in [-0.39, 0.29) is 12.6 Å². The second-order valence-electron chi connectivity index (χ2n) is 6.30. The van der Waals surface area contributed by atoms with Gasteiger partial charge in [-0.25, -0.2) is 4.79 Å². The van der Waals surface area contributed by atoms with Crippen LogP contribution in [0.2, 0.25) is 0 Å². The van der Waals surface area contributed by atoms with E-state index in [9.17, 15) is 4.79 Å². The minimum absolute atomic E-state index is 0.0865. The second kappa shape index (κ2) is 8.53.